The molecule has 6 heteroatoms. The van der Waals surface area contributed by atoms with Gasteiger partial charge in [0, 0.05) is 5.69 Å². The van der Waals surface area contributed by atoms with Gasteiger partial charge in [0.25, 0.3) is 0 Å². The van der Waals surface area contributed by atoms with Gasteiger partial charge >= 0.3 is 0 Å². The van der Waals surface area contributed by atoms with Gasteiger partial charge in [-0.05, 0) is 43.2 Å². The van der Waals surface area contributed by atoms with Gasteiger partial charge in [-0.15, -0.1) is 11.3 Å². The zero-order valence-corrected chi connectivity index (χ0v) is 14.2. The molecule has 0 aliphatic rings. The summed E-state index contributed by atoms with van der Waals surface area (Å²) in [4.78, 5) is 18.4. The SMILES string of the molecule is Cc1cc(C)c2c(=O)c(N)c(-c3ccc(Cl)c(Cl)c3)sc2n1. The molecule has 0 unspecified atom stereocenters. The summed E-state index contributed by atoms with van der Waals surface area (Å²) in [5, 5.41) is 1.46. The van der Waals surface area contributed by atoms with Crippen LogP contribution in [0.1, 0.15) is 11.3 Å². The Morgan fingerprint density at radius 3 is 2.55 bits per heavy atom. The van der Waals surface area contributed by atoms with Crippen LogP contribution in [0.5, 0.6) is 0 Å². The molecular formula is C16H12Cl2N2OS. The van der Waals surface area contributed by atoms with Gasteiger partial charge in [0.05, 0.1) is 26.0 Å². The number of nitrogens with zero attached hydrogens (tertiary/aromatic N) is 1. The molecule has 112 valence electrons. The summed E-state index contributed by atoms with van der Waals surface area (Å²) in [6.07, 6.45) is 0. The monoisotopic (exact) mass is 350 g/mol. The Morgan fingerprint density at radius 1 is 1.14 bits per heavy atom. The first-order chi connectivity index (χ1) is 10.4. The number of pyridine rings is 1. The van der Waals surface area contributed by atoms with E-state index in [0.717, 1.165) is 16.8 Å². The van der Waals surface area contributed by atoms with Gasteiger partial charge in [-0.25, -0.2) is 4.98 Å². The minimum absolute atomic E-state index is 0.195. The molecule has 22 heavy (non-hydrogen) atoms. The lowest BCUT2D eigenvalue weighted by Gasteiger charge is -2.09. The second kappa shape index (κ2) is 5.54. The normalized spacial score (nSPS) is 11.1. The minimum Gasteiger partial charge on any atom is -0.394 e. The number of hydrogen-bond acceptors (Lipinski definition) is 4. The van der Waals surface area contributed by atoms with Crippen LogP contribution in [0.15, 0.2) is 29.1 Å². The van der Waals surface area contributed by atoms with Crippen molar-refractivity contribution in [1.29, 1.82) is 0 Å². The molecule has 0 amide bonds. The zero-order chi connectivity index (χ0) is 16.0. The summed E-state index contributed by atoms with van der Waals surface area (Å²) >= 11 is 13.4. The summed E-state index contributed by atoms with van der Waals surface area (Å²) in [6, 6.07) is 7.08. The Hall–Kier alpha value is -1.62. The van der Waals surface area contributed by atoms with E-state index >= 15 is 0 Å². The van der Waals surface area contributed by atoms with Gasteiger partial charge in [-0.2, -0.15) is 0 Å². The van der Waals surface area contributed by atoms with Gasteiger partial charge < -0.3 is 5.73 Å². The lowest BCUT2D eigenvalue weighted by atomic mass is 10.1. The molecule has 3 rings (SSSR count). The molecule has 0 radical (unpaired) electrons. The Bertz CT molecular complexity index is 966. The highest BCUT2D eigenvalue weighted by atomic mass is 35.5. The maximum absolute atomic E-state index is 12.6. The third-order valence-electron chi connectivity index (χ3n) is 3.41. The van der Waals surface area contributed by atoms with E-state index in [4.69, 9.17) is 28.9 Å². The Labute approximate surface area is 141 Å². The van der Waals surface area contributed by atoms with Crippen molar-refractivity contribution in [3.05, 3.63) is 55.8 Å². The van der Waals surface area contributed by atoms with Crippen molar-refractivity contribution in [2.24, 2.45) is 0 Å². The third kappa shape index (κ3) is 2.47. The molecule has 3 aromatic rings. The van der Waals surface area contributed by atoms with Crippen LogP contribution in [0, 0.1) is 13.8 Å². The van der Waals surface area contributed by atoms with E-state index in [0.29, 0.717) is 25.1 Å². The molecular weight excluding hydrogens is 339 g/mol. The van der Waals surface area contributed by atoms with Crippen molar-refractivity contribution >= 4 is 50.4 Å². The average molecular weight is 351 g/mol. The summed E-state index contributed by atoms with van der Waals surface area (Å²) in [7, 11) is 0. The van der Waals surface area contributed by atoms with Gasteiger partial charge in [0.1, 0.15) is 4.83 Å². The fourth-order valence-corrected chi connectivity index (χ4v) is 3.88. The van der Waals surface area contributed by atoms with Gasteiger partial charge in [0.2, 0.25) is 5.43 Å². The molecule has 1 aromatic carbocycles. The van der Waals surface area contributed by atoms with Crippen molar-refractivity contribution in [3.63, 3.8) is 0 Å². The van der Waals surface area contributed by atoms with E-state index in [1.54, 1.807) is 18.2 Å². The highest BCUT2D eigenvalue weighted by molar-refractivity contribution is 7.21. The van der Waals surface area contributed by atoms with E-state index < -0.39 is 0 Å². The topological polar surface area (TPSA) is 56.0 Å². The summed E-state index contributed by atoms with van der Waals surface area (Å²) in [5.74, 6) is 0. The Balaban J connectivity index is 2.38. The number of aromatic nitrogens is 1. The molecule has 0 atom stereocenters. The number of fused-ring (bicyclic) bond motifs is 1. The number of nitrogen functional groups attached to an aromatic ring is 1. The maximum Gasteiger partial charge on any atom is 0.213 e. The highest BCUT2D eigenvalue weighted by Gasteiger charge is 2.15. The number of nitrogens with two attached hydrogens (primary N) is 1. The molecule has 2 heterocycles. The van der Waals surface area contributed by atoms with Gasteiger partial charge in [-0.3, -0.25) is 4.79 Å². The molecule has 0 saturated heterocycles. The summed E-state index contributed by atoms with van der Waals surface area (Å²) < 4.78 is 0. The van der Waals surface area contributed by atoms with E-state index in [-0.39, 0.29) is 11.1 Å². The first-order valence-corrected chi connectivity index (χ1v) is 8.11. The Kier molecular flexibility index (Phi) is 3.85. The van der Waals surface area contributed by atoms with Crippen LogP contribution in [-0.4, -0.2) is 4.98 Å². The van der Waals surface area contributed by atoms with Crippen molar-refractivity contribution in [3.8, 4) is 10.4 Å². The number of hydrogen-bond donors (Lipinski definition) is 1. The van der Waals surface area contributed by atoms with Gasteiger partial charge in [0.15, 0.2) is 0 Å². The van der Waals surface area contributed by atoms with Gasteiger partial charge in [-0.1, -0.05) is 29.3 Å². The maximum atomic E-state index is 12.6. The van der Waals surface area contributed by atoms with Crippen LogP contribution in [0.25, 0.3) is 20.7 Å². The number of aryl methyl sites for hydroxylation is 2. The largest absolute Gasteiger partial charge is 0.394 e. The van der Waals surface area contributed by atoms with E-state index in [1.165, 1.54) is 11.3 Å². The van der Waals surface area contributed by atoms with E-state index in [2.05, 4.69) is 4.98 Å². The molecule has 0 fully saturated rings. The van der Waals surface area contributed by atoms with Crippen LogP contribution < -0.4 is 11.2 Å². The number of benzene rings is 1. The Morgan fingerprint density at radius 2 is 1.86 bits per heavy atom. The molecule has 0 bridgehead atoms. The zero-order valence-electron chi connectivity index (χ0n) is 11.9. The smallest absolute Gasteiger partial charge is 0.213 e. The molecule has 3 nitrogen and oxygen atoms in total. The van der Waals surface area contributed by atoms with Crippen LogP contribution >= 0.6 is 34.5 Å². The molecule has 2 aromatic heterocycles. The lowest BCUT2D eigenvalue weighted by Crippen LogP contribution is -2.11. The summed E-state index contributed by atoms with van der Waals surface area (Å²) in [5.41, 5.74) is 8.60. The van der Waals surface area contributed by atoms with E-state index in [1.807, 2.05) is 19.9 Å². The van der Waals surface area contributed by atoms with Crippen molar-refractivity contribution in [2.75, 3.05) is 5.73 Å². The molecule has 0 aliphatic heterocycles. The van der Waals surface area contributed by atoms with Crippen LogP contribution in [0.4, 0.5) is 5.69 Å². The predicted molar refractivity (Wildman–Crippen MR) is 95.2 cm³/mol. The number of rotatable bonds is 1. The number of anilines is 1. The molecule has 0 saturated carbocycles. The first-order valence-electron chi connectivity index (χ1n) is 6.54. The fraction of sp³-hybridized carbons (Fsp3) is 0.125. The minimum atomic E-state index is -0.195. The van der Waals surface area contributed by atoms with Crippen LogP contribution in [0.2, 0.25) is 10.0 Å². The number of halogens is 2. The third-order valence-corrected chi connectivity index (χ3v) is 5.30. The second-order valence-corrected chi connectivity index (χ2v) is 6.88. The van der Waals surface area contributed by atoms with Crippen molar-refractivity contribution in [1.82, 2.24) is 4.98 Å². The highest BCUT2D eigenvalue weighted by Crippen LogP contribution is 2.36. The summed E-state index contributed by atoms with van der Waals surface area (Å²) in [6.45, 7) is 3.79. The predicted octanol–water partition coefficient (Wildman–Crippen LogP) is 4.83. The molecule has 0 spiro atoms. The fourth-order valence-electron chi connectivity index (χ4n) is 2.39. The van der Waals surface area contributed by atoms with Crippen LogP contribution in [-0.2, 0) is 0 Å². The van der Waals surface area contributed by atoms with Crippen molar-refractivity contribution < 1.29 is 0 Å². The standard InChI is InChI=1S/C16H12Cl2N2OS/c1-7-5-8(2)20-16-12(7)14(21)13(19)15(22-16)9-3-4-10(17)11(18)6-9/h3-6H,19H2,1-2H3. The lowest BCUT2D eigenvalue weighted by molar-refractivity contribution is 1.24. The molecule has 2 N–H and O–H groups in total. The van der Waals surface area contributed by atoms with E-state index in [9.17, 15) is 4.79 Å². The second-order valence-electron chi connectivity index (χ2n) is 5.06. The molecule has 0 aliphatic carbocycles. The first kappa shape index (κ1) is 15.3. The quantitative estimate of drug-likeness (QED) is 0.683. The average Bonchev–Trinajstić information content (AvgIpc) is 2.45. The van der Waals surface area contributed by atoms with Crippen LogP contribution in [0.3, 0.4) is 0 Å². The van der Waals surface area contributed by atoms with Crippen molar-refractivity contribution in [2.45, 2.75) is 13.8 Å².